The summed E-state index contributed by atoms with van der Waals surface area (Å²) in [6.07, 6.45) is -1.68. The molecule has 2 unspecified atom stereocenters. The molecule has 0 saturated carbocycles. The van der Waals surface area contributed by atoms with Crippen molar-refractivity contribution in [2.24, 2.45) is 0 Å². The van der Waals surface area contributed by atoms with E-state index in [-0.39, 0.29) is 11.3 Å². The molecule has 1 aromatic rings. The van der Waals surface area contributed by atoms with Crippen LogP contribution in [0.25, 0.3) is 0 Å². The molecule has 17 heavy (non-hydrogen) atoms. The van der Waals surface area contributed by atoms with Crippen LogP contribution in [0.15, 0.2) is 18.2 Å². The van der Waals surface area contributed by atoms with Gasteiger partial charge in [0.2, 0.25) is 0 Å². The van der Waals surface area contributed by atoms with Gasteiger partial charge in [-0.25, -0.2) is 4.79 Å². The average molecular weight is 369 g/mol. The van der Waals surface area contributed by atoms with Crippen molar-refractivity contribution in [3.63, 3.8) is 0 Å². The maximum atomic E-state index is 11.2. The molecule has 2 atom stereocenters. The highest BCUT2D eigenvalue weighted by Gasteiger charge is 2.25. The summed E-state index contributed by atoms with van der Waals surface area (Å²) in [5, 5.41) is 17.3. The van der Waals surface area contributed by atoms with Gasteiger partial charge in [0, 0.05) is 3.57 Å². The SMILES string of the molecule is CC(=O)C(Cl)c1cc(I)ccc1C(O)C(=O)O. The molecule has 0 radical (unpaired) electrons. The van der Waals surface area contributed by atoms with E-state index in [0.717, 1.165) is 3.57 Å². The first kappa shape index (κ1) is 14.4. The van der Waals surface area contributed by atoms with Gasteiger partial charge in [-0.2, -0.15) is 0 Å². The van der Waals surface area contributed by atoms with Crippen LogP contribution in [0.2, 0.25) is 0 Å². The van der Waals surface area contributed by atoms with Crippen molar-refractivity contribution in [3.8, 4) is 0 Å². The molecule has 1 aromatic carbocycles. The van der Waals surface area contributed by atoms with E-state index in [1.54, 1.807) is 12.1 Å². The molecule has 6 heteroatoms. The fourth-order valence-corrected chi connectivity index (χ4v) is 2.07. The number of halogens is 2. The first-order chi connectivity index (χ1) is 7.84. The molecule has 0 amide bonds. The molecule has 0 aromatic heterocycles. The monoisotopic (exact) mass is 368 g/mol. The molecule has 0 spiro atoms. The zero-order valence-electron chi connectivity index (χ0n) is 8.85. The third-order valence-electron chi connectivity index (χ3n) is 2.21. The summed E-state index contributed by atoms with van der Waals surface area (Å²) in [4.78, 5) is 22.0. The van der Waals surface area contributed by atoms with Gasteiger partial charge in [0.1, 0.15) is 5.38 Å². The molecule has 0 aliphatic rings. The zero-order chi connectivity index (χ0) is 13.2. The summed E-state index contributed by atoms with van der Waals surface area (Å²) in [5.74, 6) is -1.67. The van der Waals surface area contributed by atoms with Crippen molar-refractivity contribution < 1.29 is 19.8 Å². The quantitative estimate of drug-likeness (QED) is 0.632. The fourth-order valence-electron chi connectivity index (χ4n) is 1.37. The number of carbonyl (C=O) groups is 2. The molecular formula is C11H10ClIO4. The Balaban J connectivity index is 3.30. The number of aliphatic hydroxyl groups excluding tert-OH is 1. The third kappa shape index (κ3) is 3.40. The van der Waals surface area contributed by atoms with E-state index >= 15 is 0 Å². The Bertz CT molecular complexity index is 461. The van der Waals surface area contributed by atoms with Gasteiger partial charge in [-0.3, -0.25) is 4.79 Å². The van der Waals surface area contributed by atoms with Crippen LogP contribution in [0.4, 0.5) is 0 Å². The van der Waals surface area contributed by atoms with Crippen molar-refractivity contribution >= 4 is 45.9 Å². The van der Waals surface area contributed by atoms with E-state index in [2.05, 4.69) is 0 Å². The predicted octanol–water partition coefficient (Wildman–Crippen LogP) is 2.28. The minimum absolute atomic E-state index is 0.146. The van der Waals surface area contributed by atoms with Gasteiger partial charge in [0.25, 0.3) is 0 Å². The molecule has 2 N–H and O–H groups in total. The standard InChI is InChI=1S/C11H10ClIO4/c1-5(14)9(12)8-4-6(13)2-3-7(8)10(15)11(16)17/h2-4,9-10,15H,1H3,(H,16,17). The Morgan fingerprint density at radius 3 is 2.41 bits per heavy atom. The number of rotatable bonds is 4. The lowest BCUT2D eigenvalue weighted by Gasteiger charge is -2.15. The number of Topliss-reactive ketones (excluding diaryl/α,β-unsaturated/α-hetero) is 1. The summed E-state index contributed by atoms with van der Waals surface area (Å²) in [6.45, 7) is 1.31. The summed E-state index contributed by atoms with van der Waals surface area (Å²) in [5.41, 5.74) is 0.481. The van der Waals surface area contributed by atoms with Crippen molar-refractivity contribution in [3.05, 3.63) is 32.9 Å². The van der Waals surface area contributed by atoms with Gasteiger partial charge in [0.05, 0.1) is 0 Å². The summed E-state index contributed by atoms with van der Waals surface area (Å²) in [7, 11) is 0. The van der Waals surface area contributed by atoms with E-state index in [0.29, 0.717) is 5.56 Å². The average Bonchev–Trinajstić information content (AvgIpc) is 2.26. The van der Waals surface area contributed by atoms with Crippen LogP contribution < -0.4 is 0 Å². The molecular weight excluding hydrogens is 358 g/mol. The third-order valence-corrected chi connectivity index (χ3v) is 3.42. The Labute approximate surface area is 117 Å². The Kier molecular flexibility index (Phi) is 4.91. The second kappa shape index (κ2) is 5.79. The summed E-state index contributed by atoms with van der Waals surface area (Å²) >= 11 is 7.93. The topological polar surface area (TPSA) is 74.6 Å². The van der Waals surface area contributed by atoms with Gasteiger partial charge < -0.3 is 10.2 Å². The molecule has 0 fully saturated rings. The van der Waals surface area contributed by atoms with Crippen LogP contribution >= 0.6 is 34.2 Å². The number of alkyl halides is 1. The molecule has 0 heterocycles. The maximum Gasteiger partial charge on any atom is 0.337 e. The lowest BCUT2D eigenvalue weighted by atomic mass is 9.98. The van der Waals surface area contributed by atoms with Gasteiger partial charge in [-0.05, 0) is 52.8 Å². The molecule has 4 nitrogen and oxygen atoms in total. The number of carboxylic acid groups (broad SMARTS) is 1. The van der Waals surface area contributed by atoms with Crippen LogP contribution in [0.1, 0.15) is 29.5 Å². The number of carboxylic acids is 1. The minimum Gasteiger partial charge on any atom is -0.479 e. The predicted molar refractivity (Wildman–Crippen MR) is 71.0 cm³/mol. The van der Waals surface area contributed by atoms with E-state index in [1.807, 2.05) is 22.6 Å². The van der Waals surface area contributed by atoms with Gasteiger partial charge in [-0.1, -0.05) is 6.07 Å². The van der Waals surface area contributed by atoms with Crippen LogP contribution in [0, 0.1) is 3.57 Å². The highest BCUT2D eigenvalue weighted by Crippen LogP contribution is 2.30. The van der Waals surface area contributed by atoms with E-state index < -0.39 is 17.5 Å². The second-order valence-electron chi connectivity index (χ2n) is 3.49. The maximum absolute atomic E-state index is 11.2. The Morgan fingerprint density at radius 2 is 1.94 bits per heavy atom. The largest absolute Gasteiger partial charge is 0.479 e. The van der Waals surface area contributed by atoms with Gasteiger partial charge in [-0.15, -0.1) is 11.6 Å². The number of aliphatic carboxylic acids is 1. The number of aliphatic hydroxyl groups is 1. The first-order valence-electron chi connectivity index (χ1n) is 4.69. The van der Waals surface area contributed by atoms with Crippen LogP contribution in [-0.4, -0.2) is 22.0 Å². The van der Waals surface area contributed by atoms with Crippen molar-refractivity contribution in [2.45, 2.75) is 18.4 Å². The first-order valence-corrected chi connectivity index (χ1v) is 6.21. The van der Waals surface area contributed by atoms with Gasteiger partial charge in [0.15, 0.2) is 11.9 Å². The summed E-state index contributed by atoms with van der Waals surface area (Å²) in [6, 6.07) is 4.71. The lowest BCUT2D eigenvalue weighted by molar-refractivity contribution is -0.147. The van der Waals surface area contributed by atoms with Crippen LogP contribution in [-0.2, 0) is 9.59 Å². The smallest absolute Gasteiger partial charge is 0.337 e. The molecule has 0 bridgehead atoms. The van der Waals surface area contributed by atoms with Crippen molar-refractivity contribution in [1.29, 1.82) is 0 Å². The van der Waals surface area contributed by atoms with E-state index in [1.165, 1.54) is 13.0 Å². The molecule has 0 aliphatic carbocycles. The number of hydrogen-bond acceptors (Lipinski definition) is 3. The molecule has 0 aliphatic heterocycles. The van der Waals surface area contributed by atoms with Crippen molar-refractivity contribution in [2.75, 3.05) is 0 Å². The summed E-state index contributed by atoms with van der Waals surface area (Å²) < 4.78 is 0.811. The Hall–Kier alpha value is -0.660. The number of carbonyl (C=O) groups excluding carboxylic acids is 1. The molecule has 92 valence electrons. The molecule has 1 rings (SSSR count). The van der Waals surface area contributed by atoms with Crippen LogP contribution in [0.5, 0.6) is 0 Å². The van der Waals surface area contributed by atoms with E-state index in [9.17, 15) is 14.7 Å². The number of benzene rings is 1. The van der Waals surface area contributed by atoms with Gasteiger partial charge >= 0.3 is 5.97 Å². The second-order valence-corrected chi connectivity index (χ2v) is 5.17. The van der Waals surface area contributed by atoms with Crippen molar-refractivity contribution in [1.82, 2.24) is 0 Å². The lowest BCUT2D eigenvalue weighted by Crippen LogP contribution is -2.15. The fraction of sp³-hybridized carbons (Fsp3) is 0.273. The number of ketones is 1. The highest BCUT2D eigenvalue weighted by atomic mass is 127. The van der Waals surface area contributed by atoms with E-state index in [4.69, 9.17) is 16.7 Å². The normalized spacial score (nSPS) is 14.1. The highest BCUT2D eigenvalue weighted by molar-refractivity contribution is 14.1. The zero-order valence-corrected chi connectivity index (χ0v) is 11.8. The van der Waals surface area contributed by atoms with Crippen LogP contribution in [0.3, 0.4) is 0 Å². The molecule has 0 saturated heterocycles. The number of hydrogen-bond donors (Lipinski definition) is 2. The minimum atomic E-state index is -1.68. The Morgan fingerprint density at radius 1 is 1.35 bits per heavy atom.